The van der Waals surface area contributed by atoms with E-state index >= 15 is 0 Å². The van der Waals surface area contributed by atoms with Gasteiger partial charge in [-0.1, -0.05) is 6.92 Å². The molecule has 0 saturated carbocycles. The number of nitrogens with one attached hydrogen (secondary N) is 8. The molecule has 0 spiro atoms. The highest BCUT2D eigenvalue weighted by atomic mass is 16.5. The van der Waals surface area contributed by atoms with Crippen LogP contribution in [-0.2, 0) is 54.1 Å². The third-order valence-electron chi connectivity index (χ3n) is 11.1. The first-order valence-corrected chi connectivity index (χ1v) is 25.2. The summed E-state index contributed by atoms with van der Waals surface area (Å²) in [6.45, 7) is 5.43. The normalized spacial score (nSPS) is 11.7. The zero-order valence-corrected chi connectivity index (χ0v) is 42.8. The van der Waals surface area contributed by atoms with Crippen molar-refractivity contribution in [3.05, 3.63) is 34.9 Å². The van der Waals surface area contributed by atoms with Gasteiger partial charge in [-0.25, -0.2) is 0 Å². The van der Waals surface area contributed by atoms with Crippen LogP contribution < -0.4 is 42.5 Å². The fraction of sp³-hybridized carbons (Fsp3) is 0.720. The van der Waals surface area contributed by atoms with Crippen molar-refractivity contribution < 1.29 is 57.3 Å². The Labute approximate surface area is 416 Å². The molecule has 8 amide bonds. The monoisotopic (exact) mass is 991 g/mol. The van der Waals surface area contributed by atoms with Gasteiger partial charge >= 0.3 is 0 Å². The number of hydrogen-bond acceptors (Lipinski definition) is 12. The molecule has 20 nitrogen and oxygen atoms in total. The molecule has 1 rings (SSSR count). The Balaban J connectivity index is 2.74. The van der Waals surface area contributed by atoms with Crippen LogP contribution in [0.5, 0.6) is 0 Å². The topological polar surface area (TPSA) is 270 Å². The lowest BCUT2D eigenvalue weighted by atomic mass is 10.0. The van der Waals surface area contributed by atoms with Crippen LogP contribution in [0, 0.1) is 0 Å². The van der Waals surface area contributed by atoms with Crippen molar-refractivity contribution in [1.29, 1.82) is 0 Å². The Morgan fingerprint density at radius 1 is 0.400 bits per heavy atom. The molecule has 0 aliphatic rings. The Bertz CT molecular complexity index is 1570. The van der Waals surface area contributed by atoms with E-state index < -0.39 is 23.9 Å². The summed E-state index contributed by atoms with van der Waals surface area (Å²) in [7, 11) is 6.44. The third kappa shape index (κ3) is 31.9. The van der Waals surface area contributed by atoms with Gasteiger partial charge in [0.05, 0.1) is 0 Å². The van der Waals surface area contributed by atoms with Gasteiger partial charge in [-0.15, -0.1) is 0 Å². The third-order valence-corrected chi connectivity index (χ3v) is 11.1. The van der Waals surface area contributed by atoms with Crippen LogP contribution in [0.25, 0.3) is 0 Å². The highest BCUT2D eigenvalue weighted by Gasteiger charge is 2.22. The number of hydrogen-bond donors (Lipinski definition) is 8. The van der Waals surface area contributed by atoms with Gasteiger partial charge in [0.2, 0.25) is 35.4 Å². The van der Waals surface area contributed by atoms with Crippen LogP contribution in [0.2, 0.25) is 0 Å². The maximum Gasteiger partial charge on any atom is 0.251 e. The lowest BCUT2D eigenvalue weighted by Crippen LogP contribution is -2.48. The number of unbranched alkanes of at least 4 members (excludes halogenated alkanes) is 6. The Kier molecular flexibility index (Phi) is 37.3. The summed E-state index contributed by atoms with van der Waals surface area (Å²) in [5.41, 5.74) is 1.27. The molecule has 0 saturated heterocycles. The quantitative estimate of drug-likeness (QED) is 0.0439. The summed E-state index contributed by atoms with van der Waals surface area (Å²) in [6, 6.07) is 3.26. The molecule has 70 heavy (non-hydrogen) atoms. The average molecular weight is 991 g/mol. The fourth-order valence-electron chi connectivity index (χ4n) is 7.11. The predicted molar refractivity (Wildman–Crippen MR) is 267 cm³/mol. The van der Waals surface area contributed by atoms with E-state index in [4.69, 9.17) is 18.9 Å². The summed E-state index contributed by atoms with van der Waals surface area (Å²) in [5, 5.41) is 22.6. The number of carbonyl (C=O) groups excluding carboxylic acids is 8. The highest BCUT2D eigenvalue weighted by Crippen LogP contribution is 2.12. The first-order valence-electron chi connectivity index (χ1n) is 25.2. The number of amides is 8. The molecular formula is C50H86N8O12. The van der Waals surface area contributed by atoms with E-state index in [1.54, 1.807) is 40.6 Å². The van der Waals surface area contributed by atoms with E-state index in [-0.39, 0.29) is 85.6 Å². The van der Waals surface area contributed by atoms with Crippen molar-refractivity contribution in [3.8, 4) is 0 Å². The molecule has 0 aliphatic carbocycles. The van der Waals surface area contributed by atoms with E-state index in [0.29, 0.717) is 123 Å². The van der Waals surface area contributed by atoms with Gasteiger partial charge < -0.3 is 61.5 Å². The van der Waals surface area contributed by atoms with E-state index in [9.17, 15) is 38.4 Å². The van der Waals surface area contributed by atoms with E-state index in [1.807, 2.05) is 6.92 Å². The molecule has 2 atom stereocenters. The SMILES string of the molecule is CCc1cc(C(=O)NCCNC(=O)C(CCCCNC(=O)CCCCOC)NC(=O)CCCCOC)cc(C(=O)NCCNC(=O)C(CCCCNC(=O)CCCCOC)NC(=O)CCCCOC)c1. The summed E-state index contributed by atoms with van der Waals surface area (Å²) in [4.78, 5) is 103. The number of aryl methyl sites for hydroxylation is 1. The lowest BCUT2D eigenvalue weighted by Gasteiger charge is -2.19. The number of methoxy groups -OCH3 is 4. The minimum absolute atomic E-state index is 0.0386. The zero-order chi connectivity index (χ0) is 51.6. The maximum atomic E-state index is 13.3. The molecule has 398 valence electrons. The van der Waals surface area contributed by atoms with Gasteiger partial charge in [0.25, 0.3) is 11.8 Å². The van der Waals surface area contributed by atoms with Crippen LogP contribution >= 0.6 is 0 Å². The number of ether oxygens (including phenoxy) is 4. The molecular weight excluding hydrogens is 905 g/mol. The molecule has 0 radical (unpaired) electrons. The first kappa shape index (κ1) is 62.8. The summed E-state index contributed by atoms with van der Waals surface area (Å²) >= 11 is 0. The van der Waals surface area contributed by atoms with E-state index in [0.717, 1.165) is 31.2 Å². The molecule has 0 bridgehead atoms. The molecule has 8 N–H and O–H groups in total. The van der Waals surface area contributed by atoms with Crippen LogP contribution in [0.1, 0.15) is 149 Å². The predicted octanol–water partition coefficient (Wildman–Crippen LogP) is 2.75. The maximum absolute atomic E-state index is 13.3. The second-order valence-electron chi connectivity index (χ2n) is 17.1. The van der Waals surface area contributed by atoms with Crippen molar-refractivity contribution in [3.63, 3.8) is 0 Å². The first-order chi connectivity index (χ1) is 33.9. The summed E-state index contributed by atoms with van der Waals surface area (Å²) in [5.74, 6) is -2.24. The van der Waals surface area contributed by atoms with Crippen molar-refractivity contribution in [2.24, 2.45) is 0 Å². The smallest absolute Gasteiger partial charge is 0.251 e. The van der Waals surface area contributed by atoms with Crippen LogP contribution in [-0.4, -0.2) is 153 Å². The standard InChI is InChI=1S/C50H86N8O12/c1-6-38-35-39(47(63)53-27-29-55-49(65)41(57-45(61)23-11-17-33-69-4)19-7-13-25-51-43(59)21-9-15-31-67-2)37-40(36-38)48(64)54-28-30-56-50(66)42(58-46(62)24-12-18-34-70-5)20-8-14-26-52-44(60)22-10-16-32-68-3/h35-37,41-42H,6-34H2,1-5H3,(H,51,59)(H,52,60)(H,53,63)(H,54,64)(H,55,65)(H,56,66)(H,57,61)(H,58,62). The molecule has 0 heterocycles. The Morgan fingerprint density at radius 2 is 0.743 bits per heavy atom. The Hall–Kier alpha value is -5.18. The largest absolute Gasteiger partial charge is 0.385 e. The molecule has 1 aromatic rings. The Morgan fingerprint density at radius 3 is 1.09 bits per heavy atom. The number of carbonyl (C=O) groups is 8. The number of rotatable bonds is 43. The molecule has 0 aliphatic heterocycles. The molecule has 20 heteroatoms. The van der Waals surface area contributed by atoms with Gasteiger partial charge in [-0.3, -0.25) is 38.4 Å². The molecule has 2 unspecified atom stereocenters. The van der Waals surface area contributed by atoms with Crippen molar-refractivity contribution in [1.82, 2.24) is 42.5 Å². The highest BCUT2D eigenvalue weighted by molar-refractivity contribution is 6.00. The molecule has 0 aromatic heterocycles. The lowest BCUT2D eigenvalue weighted by molar-refractivity contribution is -0.129. The minimum atomic E-state index is -0.798. The average Bonchev–Trinajstić information content (AvgIpc) is 3.35. The van der Waals surface area contributed by atoms with E-state index in [2.05, 4.69) is 42.5 Å². The van der Waals surface area contributed by atoms with Gasteiger partial charge in [0.1, 0.15) is 12.1 Å². The van der Waals surface area contributed by atoms with Crippen molar-refractivity contribution >= 4 is 47.3 Å². The fourth-order valence-corrected chi connectivity index (χ4v) is 7.11. The van der Waals surface area contributed by atoms with Crippen LogP contribution in [0.4, 0.5) is 0 Å². The van der Waals surface area contributed by atoms with Crippen molar-refractivity contribution in [2.45, 2.75) is 141 Å². The van der Waals surface area contributed by atoms with Gasteiger partial charge in [-0.2, -0.15) is 0 Å². The van der Waals surface area contributed by atoms with E-state index in [1.165, 1.54) is 6.07 Å². The second kappa shape index (κ2) is 41.6. The molecule has 0 fully saturated rings. The van der Waals surface area contributed by atoms with Gasteiger partial charge in [-0.05, 0) is 120 Å². The van der Waals surface area contributed by atoms with Crippen LogP contribution in [0.3, 0.4) is 0 Å². The molecule has 1 aromatic carbocycles. The summed E-state index contributed by atoms with van der Waals surface area (Å²) < 4.78 is 20.2. The van der Waals surface area contributed by atoms with Crippen LogP contribution in [0.15, 0.2) is 18.2 Å². The van der Waals surface area contributed by atoms with Crippen molar-refractivity contribution in [2.75, 3.05) is 94.1 Å². The minimum Gasteiger partial charge on any atom is -0.385 e. The van der Waals surface area contributed by atoms with Gasteiger partial charge in [0, 0.05) is 131 Å². The zero-order valence-electron chi connectivity index (χ0n) is 42.8. The second-order valence-corrected chi connectivity index (χ2v) is 17.1. The summed E-state index contributed by atoms with van der Waals surface area (Å²) in [6.07, 6.45) is 10.7. The number of benzene rings is 1. The van der Waals surface area contributed by atoms with Gasteiger partial charge in [0.15, 0.2) is 0 Å².